The first kappa shape index (κ1) is 30.5. The molecule has 1 fully saturated rings. The highest BCUT2D eigenvalue weighted by molar-refractivity contribution is 7.09. The molecule has 35 heavy (non-hydrogen) atoms. The van der Waals surface area contributed by atoms with Crippen molar-refractivity contribution in [3.05, 3.63) is 52.2 Å². The number of benzene rings is 1. The molecule has 2 atom stereocenters. The molecule has 1 aliphatic heterocycles. The van der Waals surface area contributed by atoms with Gasteiger partial charge in [0.15, 0.2) is 12.2 Å². The number of nitrogens with one attached hydrogen (secondary N) is 1. The molecular formula is C25H37F2N3O4S. The molecule has 3 N–H and O–H groups in total. The van der Waals surface area contributed by atoms with E-state index in [0.29, 0.717) is 6.42 Å². The summed E-state index contributed by atoms with van der Waals surface area (Å²) in [5, 5.41) is 24.6. The van der Waals surface area contributed by atoms with E-state index in [-0.39, 0.29) is 38.4 Å². The number of hydrogen-bond donors (Lipinski definition) is 3. The van der Waals surface area contributed by atoms with Crippen molar-refractivity contribution in [3.63, 3.8) is 0 Å². The third-order valence-corrected chi connectivity index (χ3v) is 5.85. The number of aliphatic hydroxyl groups excluding tert-OH is 2. The minimum Gasteiger partial charge on any atom is -0.380 e. The summed E-state index contributed by atoms with van der Waals surface area (Å²) in [4.78, 5) is 28.5. The van der Waals surface area contributed by atoms with Gasteiger partial charge in [-0.05, 0) is 30.0 Å². The Kier molecular flexibility index (Phi) is 14.1. The van der Waals surface area contributed by atoms with Crippen LogP contribution in [0.1, 0.15) is 39.0 Å². The third kappa shape index (κ3) is 9.54. The number of piperazine rings is 1. The molecule has 0 radical (unpaired) electrons. The number of thiophene rings is 1. The number of nitrogens with zero attached hydrogens (tertiary/aromatic N) is 2. The molecule has 0 bridgehead atoms. The summed E-state index contributed by atoms with van der Waals surface area (Å²) < 4.78 is 27.0. The lowest BCUT2D eigenvalue weighted by Crippen LogP contribution is -2.56. The van der Waals surface area contributed by atoms with Crippen molar-refractivity contribution in [3.8, 4) is 0 Å². The average Bonchev–Trinajstić information content (AvgIpc) is 3.38. The van der Waals surface area contributed by atoms with E-state index in [9.17, 15) is 28.6 Å². The highest BCUT2D eigenvalue weighted by Gasteiger charge is 2.34. The molecule has 1 saturated heterocycles. The highest BCUT2D eigenvalue weighted by Crippen LogP contribution is 2.22. The van der Waals surface area contributed by atoms with Crippen molar-refractivity contribution in [1.82, 2.24) is 10.2 Å². The highest BCUT2D eigenvalue weighted by atomic mass is 32.1. The van der Waals surface area contributed by atoms with Crippen LogP contribution < -0.4 is 10.2 Å². The molecule has 2 heterocycles. The predicted molar refractivity (Wildman–Crippen MR) is 136 cm³/mol. The zero-order chi connectivity index (χ0) is 26.4. The van der Waals surface area contributed by atoms with Crippen molar-refractivity contribution < 1.29 is 28.6 Å². The van der Waals surface area contributed by atoms with Crippen molar-refractivity contribution in [2.75, 3.05) is 37.6 Å². The van der Waals surface area contributed by atoms with Crippen molar-refractivity contribution in [2.24, 2.45) is 0 Å². The van der Waals surface area contributed by atoms with Gasteiger partial charge in [0.1, 0.15) is 11.6 Å². The molecule has 1 aliphatic rings. The van der Waals surface area contributed by atoms with Gasteiger partial charge in [-0.25, -0.2) is 8.78 Å². The summed E-state index contributed by atoms with van der Waals surface area (Å²) in [6.07, 6.45) is -1.93. The SMILES string of the molecule is CC.CCC.O=C(NCCc1cccs1)[C@H](O)[C@@H](O)C(=O)N1CCN(c2ccc(F)cc2F)CC1. The number of carbonyl (C=O) groups is 2. The Morgan fingerprint density at radius 1 is 1.06 bits per heavy atom. The van der Waals surface area contributed by atoms with Crippen LogP contribution in [0, 0.1) is 11.6 Å². The Hall–Kier alpha value is -2.56. The van der Waals surface area contributed by atoms with Crippen LogP contribution in [0.3, 0.4) is 0 Å². The quantitative estimate of drug-likeness (QED) is 0.529. The van der Waals surface area contributed by atoms with Gasteiger partial charge in [-0.3, -0.25) is 9.59 Å². The largest absolute Gasteiger partial charge is 0.380 e. The maximum Gasteiger partial charge on any atom is 0.254 e. The van der Waals surface area contributed by atoms with Gasteiger partial charge >= 0.3 is 0 Å². The number of amides is 2. The minimum absolute atomic E-state index is 0.166. The lowest BCUT2D eigenvalue weighted by Gasteiger charge is -2.37. The normalized spacial score (nSPS) is 14.6. The molecule has 2 aromatic rings. The van der Waals surface area contributed by atoms with Crippen LogP contribution in [0.4, 0.5) is 14.5 Å². The van der Waals surface area contributed by atoms with E-state index in [1.165, 1.54) is 17.4 Å². The molecule has 10 heteroatoms. The van der Waals surface area contributed by atoms with Gasteiger partial charge < -0.3 is 25.3 Å². The van der Waals surface area contributed by atoms with E-state index >= 15 is 0 Å². The van der Waals surface area contributed by atoms with Crippen LogP contribution in [0.5, 0.6) is 0 Å². The summed E-state index contributed by atoms with van der Waals surface area (Å²) in [6, 6.07) is 7.10. The first-order chi connectivity index (χ1) is 16.8. The number of anilines is 1. The topological polar surface area (TPSA) is 93.1 Å². The van der Waals surface area contributed by atoms with Gasteiger partial charge in [0.25, 0.3) is 11.8 Å². The Morgan fingerprint density at radius 3 is 2.23 bits per heavy atom. The van der Waals surface area contributed by atoms with Crippen LogP contribution in [-0.4, -0.2) is 71.9 Å². The maximum absolute atomic E-state index is 13.9. The zero-order valence-electron chi connectivity index (χ0n) is 20.8. The van der Waals surface area contributed by atoms with Crippen molar-refractivity contribution >= 4 is 28.8 Å². The Balaban J connectivity index is 0.00000114. The third-order valence-electron chi connectivity index (χ3n) is 4.91. The summed E-state index contributed by atoms with van der Waals surface area (Å²) in [5.41, 5.74) is 0.231. The van der Waals surface area contributed by atoms with Crippen LogP contribution >= 0.6 is 11.3 Å². The van der Waals surface area contributed by atoms with Gasteiger partial charge in [-0.1, -0.05) is 40.2 Å². The molecule has 3 rings (SSSR count). The van der Waals surface area contributed by atoms with E-state index in [1.807, 2.05) is 31.4 Å². The molecular weight excluding hydrogens is 476 g/mol. The number of rotatable bonds is 7. The minimum atomic E-state index is -1.89. The standard InChI is InChI=1S/C20H23F2N3O4S.C3H8.C2H6/c21-13-3-4-16(15(22)12-13)24-7-9-25(10-8-24)20(29)18(27)17(26)19(28)23-6-5-14-2-1-11-30-14;1-3-2;1-2/h1-4,11-12,17-18,26-27H,5-10H2,(H,23,28);3H2,1-2H3;1-2H3/t17-,18-;;/m1../s1. The first-order valence-electron chi connectivity index (χ1n) is 11.9. The Bertz CT molecular complexity index is 891. The van der Waals surface area contributed by atoms with E-state index < -0.39 is 35.7 Å². The lowest BCUT2D eigenvalue weighted by molar-refractivity contribution is -0.153. The predicted octanol–water partition coefficient (Wildman–Crippen LogP) is 3.20. The summed E-state index contributed by atoms with van der Waals surface area (Å²) in [6.45, 7) is 9.40. The van der Waals surface area contributed by atoms with E-state index in [1.54, 1.807) is 16.2 Å². The fourth-order valence-electron chi connectivity index (χ4n) is 3.24. The zero-order valence-corrected chi connectivity index (χ0v) is 21.7. The fourth-order valence-corrected chi connectivity index (χ4v) is 3.95. The molecule has 0 aliphatic carbocycles. The number of aliphatic hydroxyl groups is 2. The molecule has 0 unspecified atom stereocenters. The van der Waals surface area contributed by atoms with Gasteiger partial charge in [-0.2, -0.15) is 0 Å². The molecule has 0 spiro atoms. The average molecular weight is 514 g/mol. The number of carbonyl (C=O) groups excluding carboxylic acids is 2. The summed E-state index contributed by atoms with van der Waals surface area (Å²) in [7, 11) is 0. The van der Waals surface area contributed by atoms with E-state index in [0.717, 1.165) is 17.0 Å². The second-order valence-electron chi connectivity index (χ2n) is 7.63. The van der Waals surface area contributed by atoms with Gasteiger partial charge in [0.05, 0.1) is 5.69 Å². The maximum atomic E-state index is 13.9. The summed E-state index contributed by atoms with van der Waals surface area (Å²) in [5.74, 6) is -2.95. The molecule has 1 aromatic carbocycles. The van der Waals surface area contributed by atoms with Crippen LogP contribution in [0.2, 0.25) is 0 Å². The Morgan fingerprint density at radius 2 is 1.69 bits per heavy atom. The fraction of sp³-hybridized carbons (Fsp3) is 0.520. The van der Waals surface area contributed by atoms with Gasteiger partial charge in [-0.15, -0.1) is 11.3 Å². The van der Waals surface area contributed by atoms with Gasteiger partial charge in [0, 0.05) is 43.7 Å². The Labute approximate surface area is 210 Å². The van der Waals surface area contributed by atoms with Crippen LogP contribution in [-0.2, 0) is 16.0 Å². The van der Waals surface area contributed by atoms with Gasteiger partial charge in [0.2, 0.25) is 0 Å². The van der Waals surface area contributed by atoms with E-state index in [2.05, 4.69) is 19.2 Å². The van der Waals surface area contributed by atoms with E-state index in [4.69, 9.17) is 0 Å². The van der Waals surface area contributed by atoms with Crippen LogP contribution in [0.25, 0.3) is 0 Å². The molecule has 1 aromatic heterocycles. The molecule has 2 amide bonds. The van der Waals surface area contributed by atoms with Crippen LogP contribution in [0.15, 0.2) is 35.7 Å². The smallest absolute Gasteiger partial charge is 0.254 e. The number of hydrogen-bond acceptors (Lipinski definition) is 6. The second-order valence-corrected chi connectivity index (χ2v) is 8.66. The van der Waals surface area contributed by atoms with Crippen molar-refractivity contribution in [2.45, 2.75) is 52.7 Å². The molecule has 196 valence electrons. The second kappa shape index (κ2) is 16.2. The lowest BCUT2D eigenvalue weighted by atomic mass is 10.1. The monoisotopic (exact) mass is 513 g/mol. The summed E-state index contributed by atoms with van der Waals surface area (Å²) >= 11 is 1.54. The molecule has 7 nitrogen and oxygen atoms in total. The number of halogens is 2. The van der Waals surface area contributed by atoms with Crippen molar-refractivity contribution in [1.29, 1.82) is 0 Å². The first-order valence-corrected chi connectivity index (χ1v) is 12.8. The molecule has 0 saturated carbocycles.